The largest absolute Gasteiger partial charge is 0.356 e. The standard InChI is InChI=1S/C15H23NO/c1-12(2)9-10-16-15(17)13(3)11-14-7-5-4-6-8-14/h4-8,12-13H,9-11H2,1-3H3,(H,16,17). The summed E-state index contributed by atoms with van der Waals surface area (Å²) in [6.45, 7) is 7.10. The summed E-state index contributed by atoms with van der Waals surface area (Å²) in [6.07, 6.45) is 1.86. The Kier molecular flexibility index (Phi) is 5.75. The predicted octanol–water partition coefficient (Wildman–Crippen LogP) is 3.03. The number of amides is 1. The van der Waals surface area contributed by atoms with E-state index in [4.69, 9.17) is 0 Å². The van der Waals surface area contributed by atoms with Crippen LogP contribution in [0.3, 0.4) is 0 Å². The van der Waals surface area contributed by atoms with Crippen LogP contribution in [0.5, 0.6) is 0 Å². The fourth-order valence-electron chi connectivity index (χ4n) is 1.72. The molecule has 1 atom stereocenters. The molecule has 2 nitrogen and oxygen atoms in total. The zero-order chi connectivity index (χ0) is 12.7. The molecular formula is C15H23NO. The van der Waals surface area contributed by atoms with Crippen LogP contribution in [0.2, 0.25) is 0 Å². The predicted molar refractivity (Wildman–Crippen MR) is 71.8 cm³/mol. The molecule has 1 unspecified atom stereocenters. The molecule has 0 aromatic heterocycles. The number of benzene rings is 1. The minimum atomic E-state index is 0.0459. The van der Waals surface area contributed by atoms with Crippen molar-refractivity contribution in [3.8, 4) is 0 Å². The molecule has 1 amide bonds. The van der Waals surface area contributed by atoms with E-state index in [0.29, 0.717) is 5.92 Å². The molecule has 1 aromatic rings. The molecule has 0 aliphatic heterocycles. The number of carbonyl (C=O) groups excluding carboxylic acids is 1. The second-order valence-corrected chi connectivity index (χ2v) is 5.06. The third kappa shape index (κ3) is 5.53. The van der Waals surface area contributed by atoms with Gasteiger partial charge in [-0.25, -0.2) is 0 Å². The fraction of sp³-hybridized carbons (Fsp3) is 0.533. The van der Waals surface area contributed by atoms with Crippen molar-refractivity contribution in [2.75, 3.05) is 6.54 Å². The summed E-state index contributed by atoms with van der Waals surface area (Å²) < 4.78 is 0. The van der Waals surface area contributed by atoms with Crippen LogP contribution in [-0.4, -0.2) is 12.5 Å². The lowest BCUT2D eigenvalue weighted by atomic mass is 10.0. The Labute approximate surface area is 104 Å². The molecule has 17 heavy (non-hydrogen) atoms. The maximum Gasteiger partial charge on any atom is 0.223 e. The molecule has 0 spiro atoms. The lowest BCUT2D eigenvalue weighted by Crippen LogP contribution is -2.31. The average Bonchev–Trinajstić information content (AvgIpc) is 2.29. The minimum absolute atomic E-state index is 0.0459. The monoisotopic (exact) mass is 233 g/mol. The highest BCUT2D eigenvalue weighted by molar-refractivity contribution is 5.78. The number of hydrogen-bond acceptors (Lipinski definition) is 1. The first-order chi connectivity index (χ1) is 8.09. The first kappa shape index (κ1) is 13.8. The number of rotatable bonds is 6. The molecule has 1 N–H and O–H groups in total. The van der Waals surface area contributed by atoms with Crippen molar-refractivity contribution in [1.82, 2.24) is 5.32 Å². The van der Waals surface area contributed by atoms with Crippen LogP contribution in [0.25, 0.3) is 0 Å². The normalized spacial score (nSPS) is 12.5. The Morgan fingerprint density at radius 1 is 1.18 bits per heavy atom. The van der Waals surface area contributed by atoms with E-state index in [2.05, 4.69) is 31.3 Å². The zero-order valence-corrected chi connectivity index (χ0v) is 11.1. The highest BCUT2D eigenvalue weighted by atomic mass is 16.1. The molecule has 0 fully saturated rings. The fourth-order valence-corrected chi connectivity index (χ4v) is 1.72. The van der Waals surface area contributed by atoms with Crippen molar-refractivity contribution in [2.24, 2.45) is 11.8 Å². The van der Waals surface area contributed by atoms with Crippen molar-refractivity contribution in [3.63, 3.8) is 0 Å². The van der Waals surface area contributed by atoms with Gasteiger partial charge in [-0.3, -0.25) is 4.79 Å². The molecule has 1 aromatic carbocycles. The second-order valence-electron chi connectivity index (χ2n) is 5.06. The van der Waals surface area contributed by atoms with Gasteiger partial charge in [0.25, 0.3) is 0 Å². The molecular weight excluding hydrogens is 210 g/mol. The van der Waals surface area contributed by atoms with Gasteiger partial charge in [0.2, 0.25) is 5.91 Å². The first-order valence-electron chi connectivity index (χ1n) is 6.41. The summed E-state index contributed by atoms with van der Waals surface area (Å²) >= 11 is 0. The van der Waals surface area contributed by atoms with E-state index in [1.54, 1.807) is 0 Å². The number of nitrogens with one attached hydrogen (secondary N) is 1. The number of hydrogen-bond donors (Lipinski definition) is 1. The summed E-state index contributed by atoms with van der Waals surface area (Å²) in [5, 5.41) is 3.00. The molecule has 0 heterocycles. The molecule has 0 saturated carbocycles. The van der Waals surface area contributed by atoms with E-state index in [1.807, 2.05) is 25.1 Å². The van der Waals surface area contributed by atoms with Crippen LogP contribution in [-0.2, 0) is 11.2 Å². The van der Waals surface area contributed by atoms with E-state index in [1.165, 1.54) is 5.56 Å². The van der Waals surface area contributed by atoms with Crippen LogP contribution in [0.15, 0.2) is 30.3 Å². The summed E-state index contributed by atoms with van der Waals surface area (Å²) in [5.74, 6) is 0.846. The average molecular weight is 233 g/mol. The topological polar surface area (TPSA) is 29.1 Å². The van der Waals surface area contributed by atoms with E-state index in [0.717, 1.165) is 19.4 Å². The maximum atomic E-state index is 11.8. The third-order valence-corrected chi connectivity index (χ3v) is 2.85. The Bertz CT molecular complexity index is 332. The van der Waals surface area contributed by atoms with Crippen molar-refractivity contribution < 1.29 is 4.79 Å². The van der Waals surface area contributed by atoms with E-state index < -0.39 is 0 Å². The van der Waals surface area contributed by atoms with Crippen molar-refractivity contribution >= 4 is 5.91 Å². The summed E-state index contributed by atoms with van der Waals surface area (Å²) in [4.78, 5) is 11.8. The summed E-state index contributed by atoms with van der Waals surface area (Å²) in [5.41, 5.74) is 1.22. The zero-order valence-electron chi connectivity index (χ0n) is 11.1. The Morgan fingerprint density at radius 3 is 2.41 bits per heavy atom. The van der Waals surface area contributed by atoms with Gasteiger partial charge < -0.3 is 5.32 Å². The van der Waals surface area contributed by atoms with Crippen molar-refractivity contribution in [1.29, 1.82) is 0 Å². The quantitative estimate of drug-likeness (QED) is 0.804. The van der Waals surface area contributed by atoms with E-state index in [-0.39, 0.29) is 11.8 Å². The molecule has 0 bridgehead atoms. The van der Waals surface area contributed by atoms with E-state index in [9.17, 15) is 4.79 Å². The van der Waals surface area contributed by atoms with Crippen LogP contribution in [0.4, 0.5) is 0 Å². The molecule has 2 heteroatoms. The molecule has 1 rings (SSSR count). The summed E-state index contributed by atoms with van der Waals surface area (Å²) in [6, 6.07) is 10.2. The molecule has 0 aliphatic carbocycles. The van der Waals surface area contributed by atoms with Crippen molar-refractivity contribution in [2.45, 2.75) is 33.6 Å². The van der Waals surface area contributed by atoms with Gasteiger partial charge in [0.1, 0.15) is 0 Å². The molecule has 94 valence electrons. The Morgan fingerprint density at radius 2 is 1.82 bits per heavy atom. The SMILES string of the molecule is CC(C)CCNC(=O)C(C)Cc1ccccc1. The van der Waals surface area contributed by atoms with Crippen LogP contribution in [0.1, 0.15) is 32.8 Å². The second kappa shape index (κ2) is 7.10. The Balaban J connectivity index is 2.32. The number of carbonyl (C=O) groups is 1. The van der Waals surface area contributed by atoms with Gasteiger partial charge in [-0.15, -0.1) is 0 Å². The maximum absolute atomic E-state index is 11.8. The van der Waals surface area contributed by atoms with Crippen LogP contribution >= 0.6 is 0 Å². The summed E-state index contributed by atoms with van der Waals surface area (Å²) in [7, 11) is 0. The molecule has 0 aliphatic rings. The van der Waals surface area contributed by atoms with Gasteiger partial charge in [0, 0.05) is 12.5 Å². The van der Waals surface area contributed by atoms with Crippen LogP contribution < -0.4 is 5.32 Å². The Hall–Kier alpha value is -1.31. The van der Waals surface area contributed by atoms with Gasteiger partial charge in [-0.2, -0.15) is 0 Å². The third-order valence-electron chi connectivity index (χ3n) is 2.85. The van der Waals surface area contributed by atoms with Crippen molar-refractivity contribution in [3.05, 3.63) is 35.9 Å². The van der Waals surface area contributed by atoms with Gasteiger partial charge in [0.05, 0.1) is 0 Å². The molecule has 0 radical (unpaired) electrons. The smallest absolute Gasteiger partial charge is 0.223 e. The lowest BCUT2D eigenvalue weighted by Gasteiger charge is -2.13. The first-order valence-corrected chi connectivity index (χ1v) is 6.41. The highest BCUT2D eigenvalue weighted by Crippen LogP contribution is 2.08. The highest BCUT2D eigenvalue weighted by Gasteiger charge is 2.12. The van der Waals surface area contributed by atoms with Gasteiger partial charge in [-0.1, -0.05) is 51.1 Å². The van der Waals surface area contributed by atoms with Gasteiger partial charge in [-0.05, 0) is 24.3 Å². The van der Waals surface area contributed by atoms with E-state index >= 15 is 0 Å². The van der Waals surface area contributed by atoms with Gasteiger partial charge in [0.15, 0.2) is 0 Å². The van der Waals surface area contributed by atoms with Gasteiger partial charge >= 0.3 is 0 Å². The molecule has 0 saturated heterocycles. The minimum Gasteiger partial charge on any atom is -0.356 e. The van der Waals surface area contributed by atoms with Crippen LogP contribution in [0, 0.1) is 11.8 Å². The lowest BCUT2D eigenvalue weighted by molar-refractivity contribution is -0.124.